The molecule has 0 atom stereocenters. The van der Waals surface area contributed by atoms with Crippen LogP contribution in [-0.4, -0.2) is 16.0 Å². The molecule has 1 heterocycles. The monoisotopic (exact) mass is 579 g/mol. The highest BCUT2D eigenvalue weighted by Gasteiger charge is 2.35. The lowest BCUT2D eigenvalue weighted by Gasteiger charge is -2.12. The summed E-state index contributed by atoms with van der Waals surface area (Å²) in [5.41, 5.74) is 2.48. The lowest BCUT2D eigenvalue weighted by molar-refractivity contribution is -0.123. The van der Waals surface area contributed by atoms with E-state index in [1.807, 2.05) is 42.5 Å². The Morgan fingerprint density at radius 2 is 1.69 bits per heavy atom. The molecule has 0 saturated carbocycles. The molecule has 0 bridgehead atoms. The van der Waals surface area contributed by atoms with Gasteiger partial charge in [0.15, 0.2) is 0 Å². The molecule has 2 amide bonds. The van der Waals surface area contributed by atoms with E-state index in [1.54, 1.807) is 18.2 Å². The standard InChI is InChI=1S/C24H16ClFINO3S/c25-18-6-1-16(2-7-18)14-31-21-10-5-17(11-20(21)27)12-22-23(29)28(24(30)32-22)13-15-3-8-19(26)9-4-15/h1-12H,13-14H2. The third-order valence-electron chi connectivity index (χ3n) is 4.69. The van der Waals surface area contributed by atoms with Gasteiger partial charge in [0.1, 0.15) is 18.2 Å². The molecule has 4 nitrogen and oxygen atoms in total. The van der Waals surface area contributed by atoms with E-state index in [4.69, 9.17) is 16.3 Å². The molecule has 1 aliphatic rings. The van der Waals surface area contributed by atoms with Crippen LogP contribution in [0.2, 0.25) is 5.02 Å². The van der Waals surface area contributed by atoms with Gasteiger partial charge in [-0.05, 0) is 93.5 Å². The molecule has 0 aromatic heterocycles. The number of thioether (sulfide) groups is 1. The van der Waals surface area contributed by atoms with Gasteiger partial charge in [-0.15, -0.1) is 0 Å². The van der Waals surface area contributed by atoms with E-state index >= 15 is 0 Å². The zero-order valence-corrected chi connectivity index (χ0v) is 20.3. The molecule has 0 aliphatic carbocycles. The first kappa shape index (κ1) is 22.8. The van der Waals surface area contributed by atoms with E-state index < -0.39 is 0 Å². The van der Waals surface area contributed by atoms with Gasteiger partial charge in [0, 0.05) is 5.02 Å². The molecule has 4 rings (SSSR count). The van der Waals surface area contributed by atoms with Gasteiger partial charge >= 0.3 is 0 Å². The normalized spacial score (nSPS) is 15.0. The highest BCUT2D eigenvalue weighted by Crippen LogP contribution is 2.34. The van der Waals surface area contributed by atoms with Crippen LogP contribution in [0, 0.1) is 9.39 Å². The second-order valence-electron chi connectivity index (χ2n) is 7.00. The number of rotatable bonds is 6. The largest absolute Gasteiger partial charge is 0.488 e. The van der Waals surface area contributed by atoms with E-state index in [1.165, 1.54) is 12.1 Å². The average molecular weight is 580 g/mol. The molecule has 3 aromatic carbocycles. The quantitative estimate of drug-likeness (QED) is 0.236. The van der Waals surface area contributed by atoms with Crippen LogP contribution in [-0.2, 0) is 17.9 Å². The Balaban J connectivity index is 1.44. The number of hydrogen-bond donors (Lipinski definition) is 0. The summed E-state index contributed by atoms with van der Waals surface area (Å²) >= 11 is 8.98. The first-order chi connectivity index (χ1) is 15.4. The Bertz CT molecular complexity index is 1200. The van der Waals surface area contributed by atoms with Crippen molar-refractivity contribution in [2.75, 3.05) is 0 Å². The van der Waals surface area contributed by atoms with Crippen LogP contribution in [0.5, 0.6) is 5.75 Å². The van der Waals surface area contributed by atoms with Gasteiger partial charge in [-0.25, -0.2) is 4.39 Å². The van der Waals surface area contributed by atoms with E-state index in [0.29, 0.717) is 22.1 Å². The van der Waals surface area contributed by atoms with Crippen molar-refractivity contribution in [1.82, 2.24) is 4.90 Å². The summed E-state index contributed by atoms with van der Waals surface area (Å²) in [5.74, 6) is 0.00231. The van der Waals surface area contributed by atoms with Gasteiger partial charge in [0.05, 0.1) is 15.0 Å². The molecule has 3 aromatic rings. The smallest absolute Gasteiger partial charge is 0.293 e. The molecular formula is C24H16ClFINO3S. The Morgan fingerprint density at radius 3 is 2.38 bits per heavy atom. The fourth-order valence-electron chi connectivity index (χ4n) is 3.03. The van der Waals surface area contributed by atoms with Gasteiger partial charge < -0.3 is 4.74 Å². The molecular weight excluding hydrogens is 564 g/mol. The van der Waals surface area contributed by atoms with Crippen molar-refractivity contribution < 1.29 is 18.7 Å². The molecule has 1 aliphatic heterocycles. The van der Waals surface area contributed by atoms with Crippen LogP contribution < -0.4 is 4.74 Å². The van der Waals surface area contributed by atoms with Crippen molar-refractivity contribution >= 4 is 63.2 Å². The molecule has 162 valence electrons. The summed E-state index contributed by atoms with van der Waals surface area (Å²) in [6.45, 7) is 0.520. The van der Waals surface area contributed by atoms with Crippen molar-refractivity contribution in [2.45, 2.75) is 13.2 Å². The van der Waals surface area contributed by atoms with Gasteiger partial charge in [0.25, 0.3) is 11.1 Å². The van der Waals surface area contributed by atoms with Gasteiger partial charge in [-0.2, -0.15) is 0 Å². The number of halogens is 3. The fourth-order valence-corrected chi connectivity index (χ4v) is 4.69. The number of ether oxygens (including phenoxy) is 1. The molecule has 0 radical (unpaired) electrons. The highest BCUT2D eigenvalue weighted by molar-refractivity contribution is 14.1. The second kappa shape index (κ2) is 10.1. The van der Waals surface area contributed by atoms with Gasteiger partial charge in [-0.1, -0.05) is 41.9 Å². The van der Waals surface area contributed by atoms with Gasteiger partial charge in [0.2, 0.25) is 0 Å². The van der Waals surface area contributed by atoms with Crippen molar-refractivity contribution in [1.29, 1.82) is 0 Å². The lowest BCUT2D eigenvalue weighted by Crippen LogP contribution is -2.27. The predicted octanol–water partition coefficient (Wildman–Crippen LogP) is 6.90. The maximum atomic E-state index is 13.1. The number of nitrogens with zero attached hydrogens (tertiary/aromatic N) is 1. The molecule has 0 N–H and O–H groups in total. The number of hydrogen-bond acceptors (Lipinski definition) is 4. The van der Waals surface area contributed by atoms with Crippen molar-refractivity contribution in [2.24, 2.45) is 0 Å². The minimum Gasteiger partial charge on any atom is -0.488 e. The SMILES string of the molecule is O=C1SC(=Cc2ccc(OCc3ccc(Cl)cc3)c(I)c2)C(=O)N1Cc1ccc(F)cc1. The summed E-state index contributed by atoms with van der Waals surface area (Å²) in [5, 5.41) is 0.331. The summed E-state index contributed by atoms with van der Waals surface area (Å²) in [6, 6.07) is 18.8. The highest BCUT2D eigenvalue weighted by atomic mass is 127. The van der Waals surface area contributed by atoms with Crippen LogP contribution in [0.15, 0.2) is 71.6 Å². The van der Waals surface area contributed by atoms with E-state index in [-0.39, 0.29) is 23.5 Å². The van der Waals surface area contributed by atoms with Crippen molar-refractivity contribution in [3.05, 3.63) is 103 Å². The lowest BCUT2D eigenvalue weighted by atomic mass is 10.2. The van der Waals surface area contributed by atoms with Crippen LogP contribution in [0.1, 0.15) is 16.7 Å². The molecule has 8 heteroatoms. The maximum Gasteiger partial charge on any atom is 0.293 e. The number of amides is 2. The van der Waals surface area contributed by atoms with Crippen molar-refractivity contribution in [3.8, 4) is 5.75 Å². The van der Waals surface area contributed by atoms with Crippen LogP contribution in [0.3, 0.4) is 0 Å². The molecule has 32 heavy (non-hydrogen) atoms. The minimum atomic E-state index is -0.363. The maximum absolute atomic E-state index is 13.1. The second-order valence-corrected chi connectivity index (χ2v) is 9.59. The predicted molar refractivity (Wildman–Crippen MR) is 133 cm³/mol. The number of carbonyl (C=O) groups is 2. The summed E-state index contributed by atoms with van der Waals surface area (Å²) in [6.07, 6.45) is 1.70. The summed E-state index contributed by atoms with van der Waals surface area (Å²) < 4.78 is 19.9. The average Bonchev–Trinajstić information content (AvgIpc) is 3.03. The van der Waals surface area contributed by atoms with E-state index in [9.17, 15) is 14.0 Å². The topological polar surface area (TPSA) is 46.6 Å². The first-order valence-corrected chi connectivity index (χ1v) is 11.8. The minimum absolute atomic E-state index is 0.108. The Labute approximate surface area is 207 Å². The Kier molecular flexibility index (Phi) is 7.17. The van der Waals surface area contributed by atoms with E-state index in [0.717, 1.165) is 37.1 Å². The van der Waals surface area contributed by atoms with Crippen LogP contribution >= 0.6 is 46.0 Å². The zero-order chi connectivity index (χ0) is 22.7. The number of benzene rings is 3. The zero-order valence-electron chi connectivity index (χ0n) is 16.6. The van der Waals surface area contributed by atoms with Crippen LogP contribution in [0.4, 0.5) is 9.18 Å². The molecule has 1 saturated heterocycles. The van der Waals surface area contributed by atoms with Crippen molar-refractivity contribution in [3.63, 3.8) is 0 Å². The third-order valence-corrected chi connectivity index (χ3v) is 6.69. The van der Waals surface area contributed by atoms with E-state index in [2.05, 4.69) is 22.6 Å². The van der Waals surface area contributed by atoms with Crippen LogP contribution in [0.25, 0.3) is 6.08 Å². The molecule has 0 spiro atoms. The summed E-state index contributed by atoms with van der Waals surface area (Å²) in [4.78, 5) is 26.6. The molecule has 1 fully saturated rings. The Morgan fingerprint density at radius 1 is 1.00 bits per heavy atom. The third kappa shape index (κ3) is 5.51. The number of imide groups is 1. The van der Waals surface area contributed by atoms with Gasteiger partial charge in [-0.3, -0.25) is 14.5 Å². The fraction of sp³-hybridized carbons (Fsp3) is 0.0833. The molecule has 0 unspecified atom stereocenters. The number of carbonyl (C=O) groups excluding carboxylic acids is 2. The Hall–Kier alpha value is -2.36. The first-order valence-electron chi connectivity index (χ1n) is 9.55. The summed E-state index contributed by atoms with van der Waals surface area (Å²) in [7, 11) is 0.